The van der Waals surface area contributed by atoms with Crippen molar-refractivity contribution in [3.05, 3.63) is 47.8 Å². The van der Waals surface area contributed by atoms with E-state index in [4.69, 9.17) is 4.74 Å². The van der Waals surface area contributed by atoms with Crippen molar-refractivity contribution < 1.29 is 9.53 Å². The first kappa shape index (κ1) is 16.5. The van der Waals surface area contributed by atoms with Gasteiger partial charge in [-0.3, -0.25) is 4.79 Å². The minimum absolute atomic E-state index is 0.124. The van der Waals surface area contributed by atoms with Gasteiger partial charge in [0.1, 0.15) is 5.65 Å². The summed E-state index contributed by atoms with van der Waals surface area (Å²) in [4.78, 5) is 24.4. The van der Waals surface area contributed by atoms with E-state index >= 15 is 0 Å². The van der Waals surface area contributed by atoms with Crippen LogP contribution in [-0.2, 0) is 0 Å². The Morgan fingerprint density at radius 2 is 2.12 bits per heavy atom. The number of allylic oxidation sites excluding steroid dienone is 1. The van der Waals surface area contributed by atoms with Crippen molar-refractivity contribution in [2.45, 2.75) is 27.2 Å². The molecule has 2 aromatic heterocycles. The maximum Gasteiger partial charge on any atom is 0.318 e. The predicted molar refractivity (Wildman–Crippen MR) is 102 cm³/mol. The fourth-order valence-corrected chi connectivity index (χ4v) is 3.33. The van der Waals surface area contributed by atoms with Crippen LogP contribution in [0.25, 0.3) is 28.2 Å². The monoisotopic (exact) mass is 347 g/mol. The molecule has 5 nitrogen and oxygen atoms in total. The normalized spacial score (nSPS) is 15.7. The minimum Gasteiger partial charge on any atom is -0.464 e. The summed E-state index contributed by atoms with van der Waals surface area (Å²) in [5.74, 6) is 0.185. The number of rotatable bonds is 3. The zero-order valence-electron chi connectivity index (χ0n) is 15.2. The van der Waals surface area contributed by atoms with Crippen LogP contribution in [0.1, 0.15) is 43.1 Å². The minimum atomic E-state index is -0.124. The molecule has 5 heteroatoms. The quantitative estimate of drug-likeness (QED) is 0.749. The Kier molecular flexibility index (Phi) is 3.87. The predicted octanol–water partition coefficient (Wildman–Crippen LogP) is 4.65. The topological polar surface area (TPSA) is 67.9 Å². The molecular formula is C21H21N3O2. The first-order chi connectivity index (χ1) is 12.5. The van der Waals surface area contributed by atoms with Gasteiger partial charge in [-0.1, -0.05) is 38.1 Å². The number of ether oxygens (including phenoxy) is 1. The average Bonchev–Trinajstić information content (AvgIpc) is 2.98. The Balaban J connectivity index is 1.79. The largest absolute Gasteiger partial charge is 0.464 e. The number of nitrogens with one attached hydrogen (secondary N) is 1. The fraction of sp³-hybridized carbons (Fsp3) is 0.286. The zero-order chi connectivity index (χ0) is 18.3. The molecule has 0 unspecified atom stereocenters. The van der Waals surface area contributed by atoms with Crippen LogP contribution in [0.4, 0.5) is 0 Å². The summed E-state index contributed by atoms with van der Waals surface area (Å²) < 4.78 is 5.36. The maximum atomic E-state index is 12.6. The molecule has 0 fully saturated rings. The Labute approximate surface area is 152 Å². The highest BCUT2D eigenvalue weighted by molar-refractivity contribution is 6.02. The molecule has 0 saturated heterocycles. The Hall–Kier alpha value is -2.95. The average molecular weight is 347 g/mol. The Morgan fingerprint density at radius 1 is 1.27 bits per heavy atom. The summed E-state index contributed by atoms with van der Waals surface area (Å²) in [5.41, 5.74) is 4.39. The molecule has 3 aromatic rings. The number of nitrogens with zero attached hydrogens (tertiary/aromatic N) is 2. The summed E-state index contributed by atoms with van der Waals surface area (Å²) in [7, 11) is 0. The van der Waals surface area contributed by atoms with Gasteiger partial charge in [-0.2, -0.15) is 4.98 Å². The van der Waals surface area contributed by atoms with E-state index in [0.717, 1.165) is 33.3 Å². The lowest BCUT2D eigenvalue weighted by atomic mass is 9.87. The highest BCUT2D eigenvalue weighted by Crippen LogP contribution is 2.34. The van der Waals surface area contributed by atoms with Crippen LogP contribution in [0.15, 0.2) is 36.7 Å². The summed E-state index contributed by atoms with van der Waals surface area (Å²) in [6.45, 7) is 6.60. The fourth-order valence-electron chi connectivity index (χ4n) is 3.33. The van der Waals surface area contributed by atoms with E-state index in [1.54, 1.807) is 6.20 Å². The molecule has 0 bridgehead atoms. The van der Waals surface area contributed by atoms with Gasteiger partial charge >= 0.3 is 6.01 Å². The number of Topliss-reactive ketones (excluding diaryl/α,β-unsaturated/α-hetero) is 1. The number of hydrogen-bond acceptors (Lipinski definition) is 4. The second kappa shape index (κ2) is 6.09. The molecule has 132 valence electrons. The number of hydrogen-bond donors (Lipinski definition) is 1. The van der Waals surface area contributed by atoms with Crippen LogP contribution in [0.5, 0.6) is 6.01 Å². The SMILES string of the molecule is CCOc1ncc2c(-c3ccc4c(c3)C=CC(C)(C)CC4=O)c[nH]c2n1. The number of aromatic nitrogens is 3. The van der Waals surface area contributed by atoms with Crippen LogP contribution >= 0.6 is 0 Å². The molecule has 4 rings (SSSR count). The molecule has 0 aliphatic heterocycles. The summed E-state index contributed by atoms with van der Waals surface area (Å²) in [6.07, 6.45) is 8.39. The van der Waals surface area contributed by atoms with Gasteiger partial charge in [0.2, 0.25) is 0 Å². The smallest absolute Gasteiger partial charge is 0.318 e. The third kappa shape index (κ3) is 2.90. The number of aromatic amines is 1. The molecule has 0 atom stereocenters. The lowest BCUT2D eigenvalue weighted by molar-refractivity contribution is 0.0951. The van der Waals surface area contributed by atoms with Gasteiger partial charge in [-0.05, 0) is 29.5 Å². The van der Waals surface area contributed by atoms with Crippen LogP contribution in [0.3, 0.4) is 0 Å². The van der Waals surface area contributed by atoms with E-state index in [1.165, 1.54) is 0 Å². The van der Waals surface area contributed by atoms with Gasteiger partial charge in [0, 0.05) is 35.3 Å². The van der Waals surface area contributed by atoms with Crippen molar-refractivity contribution >= 4 is 22.9 Å². The molecule has 0 spiro atoms. The van der Waals surface area contributed by atoms with Crippen molar-refractivity contribution in [1.82, 2.24) is 15.0 Å². The van der Waals surface area contributed by atoms with E-state index in [9.17, 15) is 4.79 Å². The van der Waals surface area contributed by atoms with E-state index < -0.39 is 0 Å². The van der Waals surface area contributed by atoms with Crippen LogP contribution in [0.2, 0.25) is 0 Å². The van der Waals surface area contributed by atoms with Crippen molar-refractivity contribution in [2.24, 2.45) is 5.41 Å². The first-order valence-corrected chi connectivity index (χ1v) is 8.80. The van der Waals surface area contributed by atoms with Crippen molar-refractivity contribution in [1.29, 1.82) is 0 Å². The molecule has 2 heterocycles. The zero-order valence-corrected chi connectivity index (χ0v) is 15.2. The molecular weight excluding hydrogens is 326 g/mol. The first-order valence-electron chi connectivity index (χ1n) is 8.80. The molecule has 0 saturated carbocycles. The van der Waals surface area contributed by atoms with Gasteiger partial charge < -0.3 is 9.72 Å². The standard InChI is InChI=1S/C21H21N3O2/c1-4-26-20-23-12-17-16(11-22-19(17)24-20)13-5-6-15-14(9-13)7-8-21(2,3)10-18(15)25/h5-9,11-12H,4,10H2,1-3H3,(H,22,23,24). The van der Waals surface area contributed by atoms with Crippen LogP contribution in [0, 0.1) is 5.41 Å². The van der Waals surface area contributed by atoms with Gasteiger partial charge in [0.05, 0.1) is 6.61 Å². The number of carbonyl (C=O) groups excluding carboxylic acids is 1. The highest BCUT2D eigenvalue weighted by atomic mass is 16.5. The Bertz CT molecular complexity index is 1030. The van der Waals surface area contributed by atoms with Crippen molar-refractivity contribution in [3.8, 4) is 17.1 Å². The van der Waals surface area contributed by atoms with E-state index in [2.05, 4.69) is 47.0 Å². The van der Waals surface area contributed by atoms with E-state index in [0.29, 0.717) is 19.0 Å². The second-order valence-corrected chi connectivity index (χ2v) is 7.27. The lowest BCUT2D eigenvalue weighted by Gasteiger charge is -2.16. The molecule has 0 amide bonds. The van der Waals surface area contributed by atoms with Crippen LogP contribution in [-0.4, -0.2) is 27.3 Å². The highest BCUT2D eigenvalue weighted by Gasteiger charge is 2.24. The molecule has 0 radical (unpaired) electrons. The maximum absolute atomic E-state index is 12.6. The third-order valence-corrected chi connectivity index (χ3v) is 4.68. The number of benzene rings is 1. The summed E-state index contributed by atoms with van der Waals surface area (Å²) >= 11 is 0. The van der Waals surface area contributed by atoms with E-state index in [-0.39, 0.29) is 11.2 Å². The molecule has 1 aromatic carbocycles. The van der Waals surface area contributed by atoms with Gasteiger partial charge in [0.15, 0.2) is 5.78 Å². The Morgan fingerprint density at radius 3 is 2.92 bits per heavy atom. The van der Waals surface area contributed by atoms with Gasteiger partial charge in [-0.25, -0.2) is 4.98 Å². The third-order valence-electron chi connectivity index (χ3n) is 4.68. The number of fused-ring (bicyclic) bond motifs is 2. The molecule has 1 N–H and O–H groups in total. The lowest BCUT2D eigenvalue weighted by Crippen LogP contribution is -2.12. The molecule has 1 aliphatic carbocycles. The van der Waals surface area contributed by atoms with Gasteiger partial charge in [-0.15, -0.1) is 0 Å². The number of ketones is 1. The van der Waals surface area contributed by atoms with Crippen molar-refractivity contribution in [3.63, 3.8) is 0 Å². The molecule has 1 aliphatic rings. The summed E-state index contributed by atoms with van der Waals surface area (Å²) in [5, 5.41) is 0.928. The molecule has 26 heavy (non-hydrogen) atoms. The second-order valence-electron chi connectivity index (χ2n) is 7.27. The summed E-state index contributed by atoms with van der Waals surface area (Å²) in [6, 6.07) is 6.34. The van der Waals surface area contributed by atoms with Crippen LogP contribution < -0.4 is 4.74 Å². The number of carbonyl (C=O) groups is 1. The van der Waals surface area contributed by atoms with Gasteiger partial charge in [0.25, 0.3) is 0 Å². The van der Waals surface area contributed by atoms with E-state index in [1.807, 2.05) is 25.3 Å². The van der Waals surface area contributed by atoms with Crippen molar-refractivity contribution in [2.75, 3.05) is 6.61 Å². The number of H-pyrrole nitrogens is 1.